The van der Waals surface area contributed by atoms with Crippen LogP contribution in [0.4, 0.5) is 0 Å². The van der Waals surface area contributed by atoms with Crippen LogP contribution >= 0.6 is 0 Å². The Morgan fingerprint density at radius 3 is 2.08 bits per heavy atom. The summed E-state index contributed by atoms with van der Waals surface area (Å²) >= 11 is 0. The zero-order valence-corrected chi connectivity index (χ0v) is 10.2. The quantitative estimate of drug-likeness (QED) is 0.453. The minimum atomic E-state index is -0.916. The first-order valence-electron chi connectivity index (χ1n) is 4.47. The molecule has 0 aliphatic rings. The maximum absolute atomic E-state index is 9.98. The van der Waals surface area contributed by atoms with E-state index in [1.807, 2.05) is 0 Å². The van der Waals surface area contributed by atoms with Crippen LogP contribution in [0.2, 0.25) is 0 Å². The molecule has 66 valence electrons. The number of carboxylic acid groups (broad SMARTS) is 1. The molecule has 0 N–H and O–H groups in total. The number of carbonyl (C=O) groups excluding carboxylic acids is 1. The summed E-state index contributed by atoms with van der Waals surface area (Å²) in [5, 5.41) is 9.98. The molecule has 12 heavy (non-hydrogen) atoms. The van der Waals surface area contributed by atoms with Crippen molar-refractivity contribution in [2.45, 2.75) is 51.9 Å². The fourth-order valence-electron chi connectivity index (χ4n) is 1.05. The molecule has 0 unspecified atom stereocenters. The number of carboxylic acids is 1. The van der Waals surface area contributed by atoms with Gasteiger partial charge in [-0.3, -0.25) is 0 Å². The van der Waals surface area contributed by atoms with Crippen LogP contribution in [0, 0.1) is 0 Å². The average Bonchev–Trinajstić information content (AvgIpc) is 1.96. The summed E-state index contributed by atoms with van der Waals surface area (Å²) in [5.41, 5.74) is 0. The first-order valence-corrected chi connectivity index (χ1v) is 4.47. The predicted molar refractivity (Wildman–Crippen MR) is 48.8 cm³/mol. The van der Waals surface area contributed by atoms with Gasteiger partial charge in [0.2, 0.25) is 0 Å². The van der Waals surface area contributed by atoms with Gasteiger partial charge >= 0.3 is 37.7 Å². The van der Waals surface area contributed by atoms with Crippen molar-refractivity contribution in [3.63, 3.8) is 0 Å². The van der Waals surface area contributed by atoms with Gasteiger partial charge in [-0.15, -0.1) is 0 Å². The Hall–Kier alpha value is 0.730. The van der Waals surface area contributed by atoms with E-state index in [1.54, 1.807) is 0 Å². The summed E-state index contributed by atoms with van der Waals surface area (Å²) < 4.78 is 0. The van der Waals surface area contributed by atoms with Crippen molar-refractivity contribution >= 4 is 43.7 Å². The average molecular weight is 197 g/mol. The van der Waals surface area contributed by atoms with Crippen LogP contribution in [0.3, 0.4) is 0 Å². The normalized spacial score (nSPS) is 9.08. The summed E-state index contributed by atoms with van der Waals surface area (Å²) in [4.78, 5) is 9.98. The predicted octanol–water partition coefficient (Wildman–Crippen LogP) is 1.11. The molecule has 3 heteroatoms. The summed E-state index contributed by atoms with van der Waals surface area (Å²) in [6.45, 7) is 2.17. The van der Waals surface area contributed by atoms with Crippen molar-refractivity contribution in [1.29, 1.82) is 0 Å². The summed E-state index contributed by atoms with van der Waals surface area (Å²) in [7, 11) is 0. The molecule has 0 atom stereocenters. The van der Waals surface area contributed by atoms with Crippen molar-refractivity contribution in [2.24, 2.45) is 0 Å². The summed E-state index contributed by atoms with van der Waals surface area (Å²) in [5.74, 6) is -0.916. The molecule has 0 rings (SSSR count). The van der Waals surface area contributed by atoms with Gasteiger partial charge in [0.25, 0.3) is 0 Å². The summed E-state index contributed by atoms with van der Waals surface area (Å²) in [6.07, 6.45) is 6.96. The molecule has 0 fully saturated rings. The van der Waals surface area contributed by atoms with Crippen molar-refractivity contribution in [2.75, 3.05) is 0 Å². The Morgan fingerprint density at radius 2 is 1.58 bits per heavy atom. The zero-order chi connectivity index (χ0) is 8.53. The standard InChI is InChI=1S/C9H18O2.Ca/c1-2-3-4-5-6-7-8-9(10)11;/h2-8H2,1H3,(H,10,11);/q;+2/p-1. The van der Waals surface area contributed by atoms with Crippen molar-refractivity contribution in [3.05, 3.63) is 0 Å². The van der Waals surface area contributed by atoms with E-state index in [0.717, 1.165) is 12.8 Å². The van der Waals surface area contributed by atoms with E-state index < -0.39 is 5.97 Å². The Morgan fingerprint density at radius 1 is 1.08 bits per heavy atom. The van der Waals surface area contributed by atoms with Gasteiger partial charge in [-0.05, 0) is 12.8 Å². The van der Waals surface area contributed by atoms with E-state index >= 15 is 0 Å². The third-order valence-electron chi connectivity index (χ3n) is 1.73. The van der Waals surface area contributed by atoms with Gasteiger partial charge in [0.15, 0.2) is 0 Å². The van der Waals surface area contributed by atoms with Gasteiger partial charge in [-0.1, -0.05) is 39.0 Å². The van der Waals surface area contributed by atoms with E-state index in [-0.39, 0.29) is 44.2 Å². The fraction of sp³-hybridized carbons (Fsp3) is 0.889. The Balaban J connectivity index is 0. The Bertz CT molecular complexity index is 105. The molecule has 0 aromatic heterocycles. The van der Waals surface area contributed by atoms with Gasteiger partial charge in [0.05, 0.1) is 0 Å². The first-order chi connectivity index (χ1) is 5.27. The van der Waals surface area contributed by atoms with Gasteiger partial charge < -0.3 is 9.90 Å². The molecule has 0 spiro atoms. The van der Waals surface area contributed by atoms with Crippen LogP contribution < -0.4 is 5.11 Å². The molecule has 0 amide bonds. The van der Waals surface area contributed by atoms with Gasteiger partial charge in [-0.25, -0.2) is 0 Å². The maximum atomic E-state index is 9.98. The van der Waals surface area contributed by atoms with E-state index in [2.05, 4.69) is 6.92 Å². The van der Waals surface area contributed by atoms with E-state index in [1.165, 1.54) is 25.7 Å². The number of carbonyl (C=O) groups is 1. The van der Waals surface area contributed by atoms with Gasteiger partial charge in [0, 0.05) is 5.97 Å². The second-order valence-corrected chi connectivity index (χ2v) is 2.89. The van der Waals surface area contributed by atoms with E-state index in [4.69, 9.17) is 0 Å². The van der Waals surface area contributed by atoms with Crippen LogP contribution in [-0.4, -0.2) is 43.7 Å². The molecule has 0 aromatic rings. The second kappa shape index (κ2) is 11.7. The molecule has 0 bridgehead atoms. The monoisotopic (exact) mass is 197 g/mol. The molecule has 0 aliphatic carbocycles. The minimum absolute atomic E-state index is 0. The third-order valence-corrected chi connectivity index (χ3v) is 1.73. The maximum Gasteiger partial charge on any atom is 2.00 e. The number of hydrogen-bond acceptors (Lipinski definition) is 2. The largest absolute Gasteiger partial charge is 2.00 e. The van der Waals surface area contributed by atoms with Crippen LogP contribution in [0.25, 0.3) is 0 Å². The zero-order valence-electron chi connectivity index (χ0n) is 7.97. The second-order valence-electron chi connectivity index (χ2n) is 2.89. The molecule has 0 aromatic carbocycles. The number of unbranched alkanes of at least 4 members (excludes halogenated alkanes) is 5. The molecule has 0 saturated carbocycles. The molecule has 2 nitrogen and oxygen atoms in total. The SMILES string of the molecule is CCCCCCCCC(=O)[O-].[Ca+2]. The van der Waals surface area contributed by atoms with E-state index in [9.17, 15) is 9.90 Å². The fourth-order valence-corrected chi connectivity index (χ4v) is 1.05. The van der Waals surface area contributed by atoms with Crippen LogP contribution in [0.15, 0.2) is 0 Å². The van der Waals surface area contributed by atoms with E-state index in [0.29, 0.717) is 0 Å². The van der Waals surface area contributed by atoms with Gasteiger partial charge in [-0.2, -0.15) is 0 Å². The third kappa shape index (κ3) is 13.3. The smallest absolute Gasteiger partial charge is 0.550 e. The molecule has 0 heterocycles. The van der Waals surface area contributed by atoms with Gasteiger partial charge in [0.1, 0.15) is 0 Å². The molecular weight excluding hydrogens is 180 g/mol. The van der Waals surface area contributed by atoms with Crippen LogP contribution in [0.5, 0.6) is 0 Å². The van der Waals surface area contributed by atoms with Crippen LogP contribution in [-0.2, 0) is 4.79 Å². The Labute approximate surface area is 105 Å². The summed E-state index contributed by atoms with van der Waals surface area (Å²) in [6, 6.07) is 0. The molecule has 0 radical (unpaired) electrons. The number of rotatable bonds is 7. The number of aliphatic carboxylic acids is 1. The first kappa shape index (κ1) is 15.2. The minimum Gasteiger partial charge on any atom is -0.550 e. The number of hydrogen-bond donors (Lipinski definition) is 0. The Kier molecular flexibility index (Phi) is 14.9. The van der Waals surface area contributed by atoms with Crippen molar-refractivity contribution < 1.29 is 9.90 Å². The molecule has 0 saturated heterocycles. The van der Waals surface area contributed by atoms with Crippen molar-refractivity contribution in [3.8, 4) is 0 Å². The topological polar surface area (TPSA) is 40.1 Å². The van der Waals surface area contributed by atoms with Crippen molar-refractivity contribution in [1.82, 2.24) is 0 Å². The molecular formula is C9H17CaO2+. The molecule has 0 aliphatic heterocycles. The van der Waals surface area contributed by atoms with Crippen LogP contribution in [0.1, 0.15) is 51.9 Å².